The van der Waals surface area contributed by atoms with Crippen LogP contribution < -0.4 is 16.4 Å². The van der Waals surface area contributed by atoms with Crippen LogP contribution in [0, 0.1) is 5.41 Å². The number of rotatable bonds is 3. The quantitative estimate of drug-likeness (QED) is 0.730. The number of urea groups is 1. The fourth-order valence-corrected chi connectivity index (χ4v) is 2.62. The lowest BCUT2D eigenvalue weighted by atomic mass is 9.76. The molecule has 1 fully saturated rings. The Bertz CT molecular complexity index is 422. The number of anilines is 2. The van der Waals surface area contributed by atoms with Crippen molar-refractivity contribution in [2.45, 2.75) is 39.0 Å². The third-order valence-corrected chi connectivity index (χ3v) is 3.90. The van der Waals surface area contributed by atoms with Gasteiger partial charge in [0.25, 0.3) is 0 Å². The molecule has 104 valence electrons. The zero-order chi connectivity index (χ0) is 13.7. The molecule has 19 heavy (non-hydrogen) atoms. The summed E-state index contributed by atoms with van der Waals surface area (Å²) in [6, 6.07) is 7.02. The molecule has 1 aliphatic carbocycles. The van der Waals surface area contributed by atoms with Crippen LogP contribution in [0.1, 0.15) is 39.0 Å². The van der Waals surface area contributed by atoms with E-state index in [0.717, 1.165) is 12.2 Å². The van der Waals surface area contributed by atoms with Gasteiger partial charge < -0.3 is 16.4 Å². The number of benzene rings is 1. The van der Waals surface area contributed by atoms with Gasteiger partial charge in [-0.1, -0.05) is 26.2 Å². The lowest BCUT2D eigenvalue weighted by Gasteiger charge is -2.33. The van der Waals surface area contributed by atoms with Gasteiger partial charge in [0.2, 0.25) is 0 Å². The Morgan fingerprint density at radius 1 is 1.21 bits per heavy atom. The zero-order valence-corrected chi connectivity index (χ0v) is 11.5. The van der Waals surface area contributed by atoms with Gasteiger partial charge in [-0.2, -0.15) is 0 Å². The molecule has 2 rings (SSSR count). The first-order valence-corrected chi connectivity index (χ1v) is 6.98. The molecule has 2 amide bonds. The second-order valence-electron chi connectivity index (χ2n) is 5.80. The van der Waals surface area contributed by atoms with E-state index in [1.165, 1.54) is 32.1 Å². The number of nitrogens with two attached hydrogens (primary N) is 1. The Hall–Kier alpha value is -1.71. The molecule has 0 unspecified atom stereocenters. The first kappa shape index (κ1) is 13.7. The molecule has 0 radical (unpaired) electrons. The van der Waals surface area contributed by atoms with Crippen LogP contribution in [0.25, 0.3) is 0 Å². The van der Waals surface area contributed by atoms with Crippen molar-refractivity contribution in [2.24, 2.45) is 5.41 Å². The van der Waals surface area contributed by atoms with Gasteiger partial charge in [0, 0.05) is 17.9 Å². The predicted octanol–water partition coefficient (Wildman–Crippen LogP) is 3.36. The van der Waals surface area contributed by atoms with Crippen LogP contribution in [-0.4, -0.2) is 12.6 Å². The van der Waals surface area contributed by atoms with Crippen molar-refractivity contribution >= 4 is 17.4 Å². The van der Waals surface area contributed by atoms with Crippen LogP contribution in [0.5, 0.6) is 0 Å². The van der Waals surface area contributed by atoms with Crippen molar-refractivity contribution in [3.05, 3.63) is 24.3 Å². The summed E-state index contributed by atoms with van der Waals surface area (Å²) >= 11 is 0. The Balaban J connectivity index is 1.79. The van der Waals surface area contributed by atoms with Crippen LogP contribution >= 0.6 is 0 Å². The van der Waals surface area contributed by atoms with Crippen LogP contribution in [0.4, 0.5) is 16.2 Å². The van der Waals surface area contributed by atoms with Gasteiger partial charge in [0.1, 0.15) is 0 Å². The standard InChI is InChI=1S/C15H23N3O/c1-15(9-3-2-4-10-15)11-17-14(19)18-13-7-5-12(16)6-8-13/h5-8H,2-4,9-11,16H2,1H3,(H2,17,18,19). The number of carbonyl (C=O) groups is 1. The largest absolute Gasteiger partial charge is 0.399 e. The summed E-state index contributed by atoms with van der Waals surface area (Å²) in [6.07, 6.45) is 6.28. The molecule has 1 aromatic rings. The summed E-state index contributed by atoms with van der Waals surface area (Å²) in [7, 11) is 0. The van der Waals surface area contributed by atoms with Gasteiger partial charge in [-0.15, -0.1) is 0 Å². The Morgan fingerprint density at radius 3 is 2.47 bits per heavy atom. The maximum atomic E-state index is 11.8. The van der Waals surface area contributed by atoms with Gasteiger partial charge >= 0.3 is 6.03 Å². The average Bonchev–Trinajstić information content (AvgIpc) is 2.40. The van der Waals surface area contributed by atoms with Gasteiger partial charge in [0.05, 0.1) is 0 Å². The number of nitrogen functional groups attached to an aromatic ring is 1. The lowest BCUT2D eigenvalue weighted by Crippen LogP contribution is -2.39. The van der Waals surface area contributed by atoms with Gasteiger partial charge in [-0.25, -0.2) is 4.79 Å². The summed E-state index contributed by atoms with van der Waals surface area (Å²) in [6.45, 7) is 3.00. The Labute approximate surface area is 114 Å². The topological polar surface area (TPSA) is 67.2 Å². The van der Waals surface area contributed by atoms with Gasteiger partial charge in [-0.05, 0) is 42.5 Å². The van der Waals surface area contributed by atoms with E-state index < -0.39 is 0 Å². The maximum absolute atomic E-state index is 11.8. The minimum Gasteiger partial charge on any atom is -0.399 e. The highest BCUT2D eigenvalue weighted by Crippen LogP contribution is 2.34. The summed E-state index contributed by atoms with van der Waals surface area (Å²) < 4.78 is 0. The minimum atomic E-state index is -0.142. The number of hydrogen-bond acceptors (Lipinski definition) is 2. The first-order valence-electron chi connectivity index (χ1n) is 6.98. The molecule has 0 aliphatic heterocycles. The van der Waals surface area contributed by atoms with Crippen molar-refractivity contribution in [2.75, 3.05) is 17.6 Å². The maximum Gasteiger partial charge on any atom is 0.319 e. The van der Waals surface area contributed by atoms with E-state index in [0.29, 0.717) is 5.69 Å². The van der Waals surface area contributed by atoms with E-state index in [4.69, 9.17) is 5.73 Å². The Morgan fingerprint density at radius 2 is 1.84 bits per heavy atom. The molecule has 0 atom stereocenters. The van der Waals surface area contributed by atoms with Gasteiger partial charge in [-0.3, -0.25) is 0 Å². The van der Waals surface area contributed by atoms with Crippen molar-refractivity contribution < 1.29 is 4.79 Å². The Kier molecular flexibility index (Phi) is 4.30. The summed E-state index contributed by atoms with van der Waals surface area (Å²) in [5.74, 6) is 0. The molecule has 4 nitrogen and oxygen atoms in total. The van der Waals surface area contributed by atoms with E-state index >= 15 is 0 Å². The first-order chi connectivity index (χ1) is 9.07. The molecule has 4 heteroatoms. The molecule has 0 saturated heterocycles. The van der Waals surface area contributed by atoms with E-state index in [1.54, 1.807) is 24.3 Å². The van der Waals surface area contributed by atoms with Crippen molar-refractivity contribution in [1.82, 2.24) is 5.32 Å². The zero-order valence-electron chi connectivity index (χ0n) is 11.5. The number of amides is 2. The third-order valence-electron chi connectivity index (χ3n) is 3.90. The second-order valence-corrected chi connectivity index (χ2v) is 5.80. The van der Waals surface area contributed by atoms with E-state index in [-0.39, 0.29) is 11.4 Å². The molecular formula is C15H23N3O. The number of hydrogen-bond donors (Lipinski definition) is 3. The van der Waals surface area contributed by atoms with Crippen LogP contribution in [0.15, 0.2) is 24.3 Å². The van der Waals surface area contributed by atoms with Gasteiger partial charge in [0.15, 0.2) is 0 Å². The molecular weight excluding hydrogens is 238 g/mol. The van der Waals surface area contributed by atoms with Crippen molar-refractivity contribution in [3.63, 3.8) is 0 Å². The molecule has 0 spiro atoms. The predicted molar refractivity (Wildman–Crippen MR) is 79.1 cm³/mol. The second kappa shape index (κ2) is 5.95. The van der Waals surface area contributed by atoms with Crippen molar-refractivity contribution in [1.29, 1.82) is 0 Å². The summed E-state index contributed by atoms with van der Waals surface area (Å²) in [5.41, 5.74) is 7.32. The van der Waals surface area contributed by atoms with Crippen LogP contribution in [-0.2, 0) is 0 Å². The summed E-state index contributed by atoms with van der Waals surface area (Å²) in [4.78, 5) is 11.8. The van der Waals surface area contributed by atoms with E-state index in [2.05, 4.69) is 17.6 Å². The monoisotopic (exact) mass is 261 g/mol. The molecule has 1 aromatic carbocycles. The molecule has 0 aromatic heterocycles. The highest BCUT2D eigenvalue weighted by atomic mass is 16.2. The fraction of sp³-hybridized carbons (Fsp3) is 0.533. The number of nitrogens with one attached hydrogen (secondary N) is 2. The molecule has 0 bridgehead atoms. The minimum absolute atomic E-state index is 0.142. The SMILES string of the molecule is CC1(CNC(=O)Nc2ccc(N)cc2)CCCCC1. The molecule has 4 N–H and O–H groups in total. The molecule has 1 saturated carbocycles. The van der Waals surface area contributed by atoms with Crippen molar-refractivity contribution in [3.8, 4) is 0 Å². The highest BCUT2D eigenvalue weighted by Gasteiger charge is 2.26. The smallest absolute Gasteiger partial charge is 0.319 e. The fourth-order valence-electron chi connectivity index (χ4n) is 2.62. The van der Waals surface area contributed by atoms with Crippen LogP contribution in [0.3, 0.4) is 0 Å². The lowest BCUT2D eigenvalue weighted by molar-refractivity contribution is 0.204. The highest BCUT2D eigenvalue weighted by molar-refractivity contribution is 5.89. The van der Waals surface area contributed by atoms with E-state index in [9.17, 15) is 4.79 Å². The van der Waals surface area contributed by atoms with E-state index in [1.807, 2.05) is 0 Å². The van der Waals surface area contributed by atoms with Crippen LogP contribution in [0.2, 0.25) is 0 Å². The number of carbonyl (C=O) groups excluding carboxylic acids is 1. The average molecular weight is 261 g/mol. The molecule has 0 heterocycles. The molecule has 1 aliphatic rings. The summed E-state index contributed by atoms with van der Waals surface area (Å²) in [5, 5.41) is 5.80. The third kappa shape index (κ3) is 4.16. The normalized spacial score (nSPS) is 17.7.